The van der Waals surface area contributed by atoms with E-state index in [1.807, 2.05) is 36.5 Å². The molecule has 7 N–H and O–H groups in total. The number of benzene rings is 2. The summed E-state index contributed by atoms with van der Waals surface area (Å²) in [6.07, 6.45) is -2.30. The van der Waals surface area contributed by atoms with Crippen LogP contribution in [0.25, 0.3) is 22.4 Å². The van der Waals surface area contributed by atoms with Crippen molar-refractivity contribution in [1.82, 2.24) is 36.1 Å². The van der Waals surface area contributed by atoms with Gasteiger partial charge in [-0.15, -0.1) is 0 Å². The van der Waals surface area contributed by atoms with E-state index in [1.54, 1.807) is 18.3 Å². The van der Waals surface area contributed by atoms with Crippen molar-refractivity contribution >= 4 is 29.8 Å². The molecule has 4 amide bonds. The fourth-order valence-corrected chi connectivity index (χ4v) is 10.3. The third-order valence-corrected chi connectivity index (χ3v) is 15.7. The zero-order valence-electron chi connectivity index (χ0n) is 46.9. The van der Waals surface area contributed by atoms with Gasteiger partial charge in [0.05, 0.1) is 68.3 Å². The highest BCUT2D eigenvalue weighted by atomic mass is 19.4. The minimum absolute atomic E-state index is 0. The van der Waals surface area contributed by atoms with E-state index in [9.17, 15) is 50.6 Å². The van der Waals surface area contributed by atoms with Crippen molar-refractivity contribution < 1.29 is 76.5 Å². The number of fused-ring (bicyclic) bond motifs is 2. The Morgan fingerprint density at radius 3 is 1.87 bits per heavy atom. The molecule has 0 saturated carbocycles. The van der Waals surface area contributed by atoms with Crippen LogP contribution in [0.3, 0.4) is 0 Å². The molecule has 2 aromatic heterocycles. The highest BCUT2D eigenvalue weighted by Crippen LogP contribution is 2.44. The number of pyridine rings is 2. The predicted octanol–water partition coefficient (Wildman–Crippen LogP) is 8.70. The number of hydrogen-bond donors (Lipinski definition) is 6. The van der Waals surface area contributed by atoms with Crippen molar-refractivity contribution in [3.05, 3.63) is 102 Å². The van der Waals surface area contributed by atoms with E-state index in [1.165, 1.54) is 19.9 Å². The number of carbonyl (C=O) groups excluding carboxylic acids is 4. The number of alkyl halides is 5. The number of methoxy groups -OCH3 is 2. The molecule has 25 heteroatoms. The molecule has 3 saturated heterocycles. The van der Waals surface area contributed by atoms with Crippen molar-refractivity contribution in [3.63, 3.8) is 0 Å². The number of nitrogens with one attached hydrogen (secondary N) is 4. The minimum atomic E-state index is -4.95. The van der Waals surface area contributed by atoms with Gasteiger partial charge in [0.25, 0.3) is 5.92 Å². The van der Waals surface area contributed by atoms with Crippen LogP contribution >= 0.6 is 0 Å². The van der Waals surface area contributed by atoms with Crippen molar-refractivity contribution in [2.45, 2.75) is 141 Å². The zero-order chi connectivity index (χ0) is 60.3. The molecule has 2 unspecified atom stereocenters. The Labute approximate surface area is 474 Å². The summed E-state index contributed by atoms with van der Waals surface area (Å²) in [5.41, 5.74) is 2.62. The summed E-state index contributed by atoms with van der Waals surface area (Å²) in [5, 5.41) is 20.7. The van der Waals surface area contributed by atoms with Gasteiger partial charge in [-0.2, -0.15) is 13.2 Å². The van der Waals surface area contributed by atoms with E-state index in [0.717, 1.165) is 115 Å². The maximum atomic E-state index is 15.1. The van der Waals surface area contributed by atoms with E-state index in [4.69, 9.17) is 15.5 Å². The standard InChI is InChI=1S/C44H49F6N7O5.C13H24F2N2O3.2H2/c1-43(2,44(48,49)50)40(55-42(60)61-3)41(59)54-37(38(58)20-51-19-33-34(46)15-28(16-35(33)47)36-12-9-29(45)18-52-36)14-25-4-6-26(7-5-25)27-8-13-39(53-17-27)56-21-30-10-11-31(22-56)57(30)32-23-62-24-32;1-5-6-7-8-13(14,15)12(2,3)9(10(16)18)17-11(19)20-4;;/h4-9,12-13,15-18,30-32,37-38,40,51,58H,10-11,14,19-24H2,1-3H3,(H,54,59)(H,55,60);9H,5-8H2,1-4H3,(H2,16,18)(H,17,19);2*1H/t30?,31?,37-,38-,40+;9-;;/m01../s1. The number of piperazine rings is 1. The molecule has 2 bridgehead atoms. The molecule has 4 aromatic rings. The van der Waals surface area contributed by atoms with Crippen LogP contribution in [-0.4, -0.2) is 145 Å². The number of anilines is 1. The van der Waals surface area contributed by atoms with Crippen molar-refractivity contribution in [2.24, 2.45) is 16.6 Å². The van der Waals surface area contributed by atoms with Gasteiger partial charge < -0.3 is 51.2 Å². The lowest BCUT2D eigenvalue weighted by atomic mass is 9.75. The Morgan fingerprint density at radius 1 is 0.768 bits per heavy atom. The number of ether oxygens (including phenoxy) is 3. The van der Waals surface area contributed by atoms with E-state index >= 15 is 8.78 Å². The molecule has 0 aliphatic carbocycles. The lowest BCUT2D eigenvalue weighted by Gasteiger charge is -2.48. The SMILES string of the molecule is CCCCCC(F)(F)C(C)(C)[C@H](NC(=O)OC)C(N)=O.COC(=O)N[C@H](C(=O)N[C@@H](Cc1ccc(-c2ccc(N3CC4CCC(C3)N4C3COC3)nc2)cc1)[C@@H](O)CNCc1c(F)cc(-c2ccc(F)cn2)cc1F)C(C)(C)C(F)(F)F.[HH].[HH]. The number of nitrogens with zero attached hydrogens (tertiary/aromatic N) is 4. The van der Waals surface area contributed by atoms with Gasteiger partial charge in [-0.3, -0.25) is 19.5 Å². The Hall–Kier alpha value is -6.70. The van der Waals surface area contributed by atoms with Crippen LogP contribution in [0.2, 0.25) is 0 Å². The summed E-state index contributed by atoms with van der Waals surface area (Å²) in [7, 11) is 2.02. The smallest absolute Gasteiger partial charge is 0.407 e. The summed E-state index contributed by atoms with van der Waals surface area (Å²) in [4.78, 5) is 62.0. The van der Waals surface area contributed by atoms with Crippen LogP contribution in [0.5, 0.6) is 0 Å². The molecule has 6 atom stereocenters. The number of primary amides is 1. The van der Waals surface area contributed by atoms with E-state index in [2.05, 4.69) is 40.2 Å². The van der Waals surface area contributed by atoms with E-state index < -0.39 is 95.2 Å². The number of aromatic nitrogens is 2. The molecule has 5 heterocycles. The molecule has 17 nitrogen and oxygen atoms in total. The summed E-state index contributed by atoms with van der Waals surface area (Å²) < 4.78 is 129. The zero-order valence-corrected chi connectivity index (χ0v) is 46.9. The molecule has 454 valence electrons. The van der Waals surface area contributed by atoms with Crippen LogP contribution in [0.15, 0.2) is 73.1 Å². The maximum absolute atomic E-state index is 15.1. The normalized spacial score (nSPS) is 18.2. The van der Waals surface area contributed by atoms with Crippen molar-refractivity contribution in [3.8, 4) is 22.4 Å². The fourth-order valence-electron chi connectivity index (χ4n) is 10.3. The average Bonchev–Trinajstić information content (AvgIpc) is 3.88. The van der Waals surface area contributed by atoms with E-state index in [-0.39, 0.29) is 39.1 Å². The lowest BCUT2D eigenvalue weighted by molar-refractivity contribution is -0.220. The summed E-state index contributed by atoms with van der Waals surface area (Å²) in [6, 6.07) is 12.0. The van der Waals surface area contributed by atoms with Crippen LogP contribution in [0.4, 0.5) is 50.5 Å². The van der Waals surface area contributed by atoms with Crippen LogP contribution in [0.1, 0.15) is 87.1 Å². The van der Waals surface area contributed by atoms with Gasteiger partial charge in [-0.25, -0.2) is 36.5 Å². The van der Waals surface area contributed by atoms with Crippen molar-refractivity contribution in [1.29, 1.82) is 0 Å². The molecular formula is C57H77F8N9O8. The first-order valence-corrected chi connectivity index (χ1v) is 27.0. The quantitative estimate of drug-likeness (QED) is 0.0303. The molecular weight excluding hydrogens is 1090 g/mol. The molecule has 2 aromatic carbocycles. The second-order valence-electron chi connectivity index (χ2n) is 22.0. The highest BCUT2D eigenvalue weighted by Gasteiger charge is 2.56. The number of hydrogen-bond acceptors (Lipinski definition) is 13. The Kier molecular flexibility index (Phi) is 21.7. The third-order valence-electron chi connectivity index (χ3n) is 15.7. The number of carbonyl (C=O) groups is 4. The number of nitrogens with two attached hydrogens (primary N) is 1. The van der Waals surface area contributed by atoms with Gasteiger partial charge >= 0.3 is 18.4 Å². The van der Waals surface area contributed by atoms with Gasteiger partial charge in [-0.05, 0) is 87.1 Å². The minimum Gasteiger partial charge on any atom is -0.453 e. The number of aliphatic hydroxyl groups excluding tert-OH is 1. The first kappa shape index (κ1) is 64.5. The molecule has 3 aliphatic rings. The summed E-state index contributed by atoms with van der Waals surface area (Å²) in [5.74, 6) is -7.02. The van der Waals surface area contributed by atoms with Gasteiger partial charge in [0.15, 0.2) is 0 Å². The molecule has 7 rings (SSSR count). The van der Waals surface area contributed by atoms with Crippen molar-refractivity contribution in [2.75, 3.05) is 52.0 Å². The number of aliphatic hydroxyl groups is 1. The highest BCUT2D eigenvalue weighted by molar-refractivity contribution is 5.87. The summed E-state index contributed by atoms with van der Waals surface area (Å²) in [6.45, 7) is 8.43. The Balaban J connectivity index is 0.000000589. The van der Waals surface area contributed by atoms with Gasteiger partial charge in [0.1, 0.15) is 35.4 Å². The second kappa shape index (κ2) is 27.6. The van der Waals surface area contributed by atoms with E-state index in [0.29, 0.717) is 36.5 Å². The topological polar surface area (TPSA) is 223 Å². The number of amides is 4. The summed E-state index contributed by atoms with van der Waals surface area (Å²) >= 11 is 0. The monoisotopic (exact) mass is 1170 g/mol. The predicted molar refractivity (Wildman–Crippen MR) is 293 cm³/mol. The lowest BCUT2D eigenvalue weighted by Crippen LogP contribution is -2.62. The molecule has 82 heavy (non-hydrogen) atoms. The van der Waals surface area contributed by atoms with Gasteiger partial charge in [-0.1, -0.05) is 57.9 Å². The van der Waals surface area contributed by atoms with Crippen LogP contribution in [-0.2, 0) is 36.8 Å². The average molecular weight is 1170 g/mol. The largest absolute Gasteiger partial charge is 0.453 e. The Bertz CT molecular complexity index is 2770. The maximum Gasteiger partial charge on any atom is 0.407 e. The third kappa shape index (κ3) is 15.7. The first-order valence-electron chi connectivity index (χ1n) is 27.0. The molecule has 0 radical (unpaired) electrons. The second-order valence-corrected chi connectivity index (χ2v) is 22.0. The van der Waals surface area contributed by atoms with Gasteiger partial charge in [0.2, 0.25) is 11.8 Å². The molecule has 3 fully saturated rings. The molecule has 0 spiro atoms. The van der Waals surface area contributed by atoms with Gasteiger partial charge in [0, 0.05) is 70.4 Å². The number of rotatable bonds is 23. The Morgan fingerprint density at radius 2 is 1.37 bits per heavy atom. The number of halogens is 8. The molecule has 3 aliphatic heterocycles. The van der Waals surface area contributed by atoms with Crippen LogP contribution < -0.4 is 31.9 Å². The number of unbranched alkanes of at least 4 members (excludes halogenated alkanes) is 2. The fraction of sp³-hybridized carbons (Fsp3) is 0.544. The number of alkyl carbamates (subject to hydrolysis) is 2. The first-order chi connectivity index (χ1) is 38.6. The van der Waals surface area contributed by atoms with Crippen LogP contribution in [0, 0.1) is 28.3 Å².